The third-order valence-electron chi connectivity index (χ3n) is 2.88. The maximum atomic E-state index is 13.0. The van der Waals surface area contributed by atoms with Gasteiger partial charge in [-0.2, -0.15) is 0 Å². The molecule has 1 aromatic carbocycles. The van der Waals surface area contributed by atoms with Gasteiger partial charge >= 0.3 is 0 Å². The van der Waals surface area contributed by atoms with Crippen LogP contribution in [-0.4, -0.2) is 15.1 Å². The van der Waals surface area contributed by atoms with Crippen LogP contribution >= 0.6 is 22.9 Å². The number of nitrogens with zero attached hydrogens (tertiary/aromatic N) is 2. The van der Waals surface area contributed by atoms with Gasteiger partial charge < -0.3 is 10.4 Å². The molecule has 0 saturated heterocycles. The lowest BCUT2D eigenvalue weighted by Gasteiger charge is -2.08. The molecule has 2 N–H and O–H groups in total. The van der Waals surface area contributed by atoms with E-state index in [0.29, 0.717) is 15.8 Å². The summed E-state index contributed by atoms with van der Waals surface area (Å²) < 4.78 is 13.6. The molecule has 0 unspecified atom stereocenters. The van der Waals surface area contributed by atoms with Gasteiger partial charge in [-0.25, -0.2) is 14.4 Å². The maximum absolute atomic E-state index is 13.0. The number of phenols is 1. The Labute approximate surface area is 122 Å². The second kappa shape index (κ2) is 4.88. The number of anilines is 2. The lowest BCUT2D eigenvalue weighted by Crippen LogP contribution is -1.96. The van der Waals surface area contributed by atoms with Crippen LogP contribution in [0.2, 0.25) is 4.34 Å². The van der Waals surface area contributed by atoms with Gasteiger partial charge in [0, 0.05) is 6.07 Å². The van der Waals surface area contributed by atoms with Gasteiger partial charge in [0.15, 0.2) is 0 Å². The zero-order chi connectivity index (χ0) is 14.3. The Morgan fingerprint density at radius 1 is 1.35 bits per heavy atom. The fourth-order valence-corrected chi connectivity index (χ4v) is 3.07. The van der Waals surface area contributed by atoms with Gasteiger partial charge in [0.2, 0.25) is 0 Å². The third-order valence-corrected chi connectivity index (χ3v) is 4.38. The fourth-order valence-electron chi connectivity index (χ4n) is 1.88. The predicted octanol–water partition coefficient (Wildman–Crippen LogP) is 4.24. The molecule has 0 aliphatic rings. The molecule has 3 rings (SSSR count). The number of hydrogen-bond donors (Lipinski definition) is 2. The monoisotopic (exact) mass is 309 g/mol. The van der Waals surface area contributed by atoms with Gasteiger partial charge in [-0.1, -0.05) is 11.6 Å². The number of benzene rings is 1. The molecule has 0 saturated carbocycles. The summed E-state index contributed by atoms with van der Waals surface area (Å²) in [6.07, 6.45) is 1.41. The van der Waals surface area contributed by atoms with Crippen molar-refractivity contribution in [2.24, 2.45) is 0 Å². The summed E-state index contributed by atoms with van der Waals surface area (Å²) >= 11 is 7.47. The number of aromatic nitrogens is 2. The summed E-state index contributed by atoms with van der Waals surface area (Å²) in [6.45, 7) is 1.88. The van der Waals surface area contributed by atoms with E-state index < -0.39 is 5.82 Å². The zero-order valence-corrected chi connectivity index (χ0v) is 11.9. The van der Waals surface area contributed by atoms with Gasteiger partial charge in [0.1, 0.15) is 28.5 Å². The summed E-state index contributed by atoms with van der Waals surface area (Å²) in [5, 5.41) is 13.5. The Hall–Kier alpha value is -1.92. The summed E-state index contributed by atoms with van der Waals surface area (Å²) in [6, 6.07) is 3.74. The minimum absolute atomic E-state index is 0.184. The average Bonchev–Trinajstić information content (AvgIpc) is 2.69. The van der Waals surface area contributed by atoms with Crippen molar-refractivity contribution < 1.29 is 9.50 Å². The van der Waals surface area contributed by atoms with E-state index in [9.17, 15) is 9.50 Å². The number of fused-ring (bicyclic) bond motifs is 1. The normalized spacial score (nSPS) is 10.9. The molecule has 3 aromatic rings. The van der Waals surface area contributed by atoms with Crippen LogP contribution in [0, 0.1) is 12.7 Å². The first-order valence-electron chi connectivity index (χ1n) is 5.71. The second-order valence-corrected chi connectivity index (χ2v) is 5.79. The first-order chi connectivity index (χ1) is 9.56. The number of halogens is 2. The van der Waals surface area contributed by atoms with Crippen molar-refractivity contribution in [3.8, 4) is 5.75 Å². The first-order valence-corrected chi connectivity index (χ1v) is 6.91. The number of rotatable bonds is 2. The molecule has 0 bridgehead atoms. The Balaban J connectivity index is 2.11. The SMILES string of the molecule is Cc1c(Cl)sc2ncnc(Nc3ccc(F)cc3O)c12. The van der Waals surface area contributed by atoms with Crippen molar-refractivity contribution in [3.63, 3.8) is 0 Å². The van der Waals surface area contributed by atoms with Gasteiger partial charge in [0.25, 0.3) is 0 Å². The van der Waals surface area contributed by atoms with Crippen LogP contribution in [0.15, 0.2) is 24.5 Å². The highest BCUT2D eigenvalue weighted by Crippen LogP contribution is 2.38. The van der Waals surface area contributed by atoms with E-state index in [1.807, 2.05) is 6.92 Å². The molecular formula is C13H9ClFN3OS. The Bertz CT molecular complexity index is 806. The van der Waals surface area contributed by atoms with Crippen molar-refractivity contribution in [1.82, 2.24) is 9.97 Å². The Morgan fingerprint density at radius 3 is 2.90 bits per heavy atom. The predicted molar refractivity (Wildman–Crippen MR) is 78.5 cm³/mol. The van der Waals surface area contributed by atoms with Crippen molar-refractivity contribution >= 4 is 44.7 Å². The van der Waals surface area contributed by atoms with Crippen LogP contribution in [0.25, 0.3) is 10.2 Å². The molecule has 2 aromatic heterocycles. The third kappa shape index (κ3) is 2.17. The van der Waals surface area contributed by atoms with Gasteiger partial charge in [-0.15, -0.1) is 11.3 Å². The van der Waals surface area contributed by atoms with Crippen LogP contribution in [-0.2, 0) is 0 Å². The molecule has 20 heavy (non-hydrogen) atoms. The summed E-state index contributed by atoms with van der Waals surface area (Å²) in [4.78, 5) is 9.08. The van der Waals surface area contributed by atoms with E-state index in [1.165, 1.54) is 29.8 Å². The average molecular weight is 310 g/mol. The molecular weight excluding hydrogens is 301 g/mol. The van der Waals surface area contributed by atoms with Crippen LogP contribution in [0.5, 0.6) is 5.75 Å². The molecule has 0 aliphatic carbocycles. The highest BCUT2D eigenvalue weighted by molar-refractivity contribution is 7.22. The van der Waals surface area contributed by atoms with Crippen LogP contribution in [0.3, 0.4) is 0 Å². The van der Waals surface area contributed by atoms with Gasteiger partial charge in [-0.3, -0.25) is 0 Å². The maximum Gasteiger partial charge on any atom is 0.142 e. The van der Waals surface area contributed by atoms with Gasteiger partial charge in [0.05, 0.1) is 15.4 Å². The van der Waals surface area contributed by atoms with Crippen LogP contribution < -0.4 is 5.32 Å². The highest BCUT2D eigenvalue weighted by Gasteiger charge is 2.14. The molecule has 0 fully saturated rings. The summed E-state index contributed by atoms with van der Waals surface area (Å²) in [5.41, 5.74) is 1.24. The molecule has 102 valence electrons. The van der Waals surface area contributed by atoms with E-state index in [1.54, 1.807) is 0 Å². The number of aryl methyl sites for hydroxylation is 1. The molecule has 2 heterocycles. The van der Waals surface area contributed by atoms with Crippen LogP contribution in [0.4, 0.5) is 15.9 Å². The van der Waals surface area contributed by atoms with E-state index >= 15 is 0 Å². The molecule has 0 amide bonds. The molecule has 4 nitrogen and oxygen atoms in total. The minimum atomic E-state index is -0.504. The van der Waals surface area contributed by atoms with Crippen LogP contribution in [0.1, 0.15) is 5.56 Å². The standard InChI is InChI=1S/C13H9ClFN3OS/c1-6-10-12(16-5-17-13(10)20-11(6)14)18-8-3-2-7(15)4-9(8)19/h2-5,19H,1H3,(H,16,17,18). The Kier molecular flexibility index (Phi) is 3.19. The van der Waals surface area contributed by atoms with Crippen molar-refractivity contribution in [1.29, 1.82) is 0 Å². The minimum Gasteiger partial charge on any atom is -0.506 e. The van der Waals surface area contributed by atoms with Gasteiger partial charge in [-0.05, 0) is 24.6 Å². The first kappa shape index (κ1) is 13.1. The number of thiophene rings is 1. The molecule has 0 atom stereocenters. The smallest absolute Gasteiger partial charge is 0.142 e. The number of phenolic OH excluding ortho intramolecular Hbond substituents is 1. The lowest BCUT2D eigenvalue weighted by atomic mass is 10.2. The van der Waals surface area contributed by atoms with E-state index in [-0.39, 0.29) is 5.75 Å². The Morgan fingerprint density at radius 2 is 2.15 bits per heavy atom. The van der Waals surface area contributed by atoms with Crippen molar-refractivity contribution in [3.05, 3.63) is 40.2 Å². The summed E-state index contributed by atoms with van der Waals surface area (Å²) in [5.74, 6) is -0.163. The van der Waals surface area contributed by atoms with E-state index in [0.717, 1.165) is 21.8 Å². The quantitative estimate of drug-likeness (QED) is 0.695. The number of aromatic hydroxyl groups is 1. The molecule has 0 spiro atoms. The highest BCUT2D eigenvalue weighted by atomic mass is 35.5. The molecule has 0 radical (unpaired) electrons. The molecule has 7 heteroatoms. The topological polar surface area (TPSA) is 58.0 Å². The molecule has 0 aliphatic heterocycles. The largest absolute Gasteiger partial charge is 0.506 e. The van der Waals surface area contributed by atoms with Crippen molar-refractivity contribution in [2.75, 3.05) is 5.32 Å². The van der Waals surface area contributed by atoms with E-state index in [2.05, 4.69) is 15.3 Å². The fraction of sp³-hybridized carbons (Fsp3) is 0.0769. The summed E-state index contributed by atoms with van der Waals surface area (Å²) in [7, 11) is 0. The lowest BCUT2D eigenvalue weighted by molar-refractivity contribution is 0.471. The number of hydrogen-bond acceptors (Lipinski definition) is 5. The number of nitrogens with one attached hydrogen (secondary N) is 1. The zero-order valence-electron chi connectivity index (χ0n) is 10.3. The van der Waals surface area contributed by atoms with Crippen molar-refractivity contribution in [2.45, 2.75) is 6.92 Å². The van der Waals surface area contributed by atoms with E-state index in [4.69, 9.17) is 11.6 Å². The second-order valence-electron chi connectivity index (χ2n) is 4.19.